The van der Waals surface area contributed by atoms with Gasteiger partial charge in [0, 0.05) is 25.2 Å². The summed E-state index contributed by atoms with van der Waals surface area (Å²) in [5.41, 5.74) is 0.0494. The van der Waals surface area contributed by atoms with E-state index in [0.717, 1.165) is 26.0 Å². The topological polar surface area (TPSA) is 24.5 Å². The van der Waals surface area contributed by atoms with Gasteiger partial charge in [-0.3, -0.25) is 0 Å². The van der Waals surface area contributed by atoms with E-state index in [2.05, 4.69) is 45.1 Å². The molecule has 0 aliphatic carbocycles. The molecule has 1 saturated heterocycles. The van der Waals surface area contributed by atoms with Gasteiger partial charge in [-0.15, -0.1) is 0 Å². The van der Waals surface area contributed by atoms with Crippen molar-refractivity contribution in [1.29, 1.82) is 0 Å². The third kappa shape index (κ3) is 4.96. The van der Waals surface area contributed by atoms with Crippen molar-refractivity contribution < 1.29 is 4.74 Å². The van der Waals surface area contributed by atoms with Crippen molar-refractivity contribution in [2.75, 3.05) is 27.2 Å². The minimum absolute atomic E-state index is 0.0494. The molecular formula is C12H26N2O. The maximum absolute atomic E-state index is 5.71. The molecule has 0 spiro atoms. The van der Waals surface area contributed by atoms with Crippen LogP contribution >= 0.6 is 0 Å². The second-order valence-corrected chi connectivity index (χ2v) is 5.63. The monoisotopic (exact) mass is 214 g/mol. The van der Waals surface area contributed by atoms with Crippen LogP contribution in [0.1, 0.15) is 33.6 Å². The third-order valence-corrected chi connectivity index (χ3v) is 2.86. The van der Waals surface area contributed by atoms with Gasteiger partial charge in [0.1, 0.15) is 0 Å². The molecule has 15 heavy (non-hydrogen) atoms. The summed E-state index contributed by atoms with van der Waals surface area (Å²) in [4.78, 5) is 2.22. The first-order valence-electron chi connectivity index (χ1n) is 5.94. The molecule has 90 valence electrons. The Labute approximate surface area is 94.2 Å². The molecule has 0 amide bonds. The van der Waals surface area contributed by atoms with E-state index in [9.17, 15) is 0 Å². The molecule has 1 N–H and O–H groups in total. The van der Waals surface area contributed by atoms with Gasteiger partial charge in [-0.05, 0) is 47.7 Å². The molecule has 0 bridgehead atoms. The van der Waals surface area contributed by atoms with Crippen LogP contribution in [0.5, 0.6) is 0 Å². The molecule has 3 nitrogen and oxygen atoms in total. The summed E-state index contributed by atoms with van der Waals surface area (Å²) in [6, 6.07) is 1.17. The van der Waals surface area contributed by atoms with Gasteiger partial charge in [0.2, 0.25) is 0 Å². The zero-order chi connectivity index (χ0) is 11.5. The standard InChI is InChI=1S/C12H26N2O/c1-10(9-14(4)5)13-11-6-7-15-12(2,3)8-11/h10-11,13H,6-9H2,1-5H3. The van der Waals surface area contributed by atoms with Crippen molar-refractivity contribution in [3.8, 4) is 0 Å². The highest BCUT2D eigenvalue weighted by Crippen LogP contribution is 2.24. The van der Waals surface area contributed by atoms with E-state index >= 15 is 0 Å². The summed E-state index contributed by atoms with van der Waals surface area (Å²) in [6.07, 6.45) is 2.26. The second kappa shape index (κ2) is 5.28. The SMILES string of the molecule is CC(CN(C)C)NC1CCOC(C)(C)C1. The van der Waals surface area contributed by atoms with Crippen molar-refractivity contribution >= 4 is 0 Å². The largest absolute Gasteiger partial charge is 0.375 e. The van der Waals surface area contributed by atoms with Gasteiger partial charge >= 0.3 is 0 Å². The summed E-state index contributed by atoms with van der Waals surface area (Å²) >= 11 is 0. The Morgan fingerprint density at radius 2 is 2.13 bits per heavy atom. The van der Waals surface area contributed by atoms with Crippen LogP contribution in [0.4, 0.5) is 0 Å². The highest BCUT2D eigenvalue weighted by Gasteiger charge is 2.29. The third-order valence-electron chi connectivity index (χ3n) is 2.86. The van der Waals surface area contributed by atoms with E-state index in [1.807, 2.05) is 0 Å². The molecule has 1 fully saturated rings. The Balaban J connectivity index is 2.31. The fourth-order valence-electron chi connectivity index (χ4n) is 2.38. The molecule has 0 saturated carbocycles. The maximum Gasteiger partial charge on any atom is 0.0641 e. The molecule has 0 aromatic rings. The molecule has 0 aromatic carbocycles. The first-order valence-corrected chi connectivity index (χ1v) is 5.94. The number of nitrogens with zero attached hydrogens (tertiary/aromatic N) is 1. The average Bonchev–Trinajstić information content (AvgIpc) is 1.99. The number of likely N-dealkylation sites (N-methyl/N-ethyl adjacent to an activating group) is 1. The van der Waals surface area contributed by atoms with E-state index in [0.29, 0.717) is 12.1 Å². The summed E-state index contributed by atoms with van der Waals surface area (Å²) in [5, 5.41) is 3.68. The minimum Gasteiger partial charge on any atom is -0.375 e. The van der Waals surface area contributed by atoms with Gasteiger partial charge in [-0.1, -0.05) is 0 Å². The van der Waals surface area contributed by atoms with E-state index in [-0.39, 0.29) is 5.60 Å². The van der Waals surface area contributed by atoms with Gasteiger partial charge in [-0.25, -0.2) is 0 Å². The van der Waals surface area contributed by atoms with Crippen LogP contribution in [-0.4, -0.2) is 49.8 Å². The van der Waals surface area contributed by atoms with Crippen LogP contribution in [0.15, 0.2) is 0 Å². The molecule has 1 aliphatic heterocycles. The van der Waals surface area contributed by atoms with Crippen molar-refractivity contribution in [2.45, 2.75) is 51.3 Å². The highest BCUT2D eigenvalue weighted by molar-refractivity contribution is 4.84. The summed E-state index contributed by atoms with van der Waals surface area (Å²) in [7, 11) is 4.23. The summed E-state index contributed by atoms with van der Waals surface area (Å²) < 4.78 is 5.71. The van der Waals surface area contributed by atoms with Crippen LogP contribution in [-0.2, 0) is 4.74 Å². The second-order valence-electron chi connectivity index (χ2n) is 5.63. The van der Waals surface area contributed by atoms with E-state index < -0.39 is 0 Å². The molecule has 2 atom stereocenters. The zero-order valence-corrected chi connectivity index (χ0v) is 10.8. The highest BCUT2D eigenvalue weighted by atomic mass is 16.5. The number of hydrogen-bond donors (Lipinski definition) is 1. The first kappa shape index (κ1) is 12.9. The fraction of sp³-hybridized carbons (Fsp3) is 1.00. The van der Waals surface area contributed by atoms with Gasteiger partial charge in [-0.2, -0.15) is 0 Å². The predicted molar refractivity (Wildman–Crippen MR) is 64.2 cm³/mol. The molecule has 1 heterocycles. The van der Waals surface area contributed by atoms with E-state index in [1.54, 1.807) is 0 Å². The average molecular weight is 214 g/mol. The maximum atomic E-state index is 5.71. The number of rotatable bonds is 4. The lowest BCUT2D eigenvalue weighted by atomic mass is 9.93. The predicted octanol–water partition coefficient (Wildman–Crippen LogP) is 1.48. The van der Waals surface area contributed by atoms with Crippen LogP contribution in [0, 0.1) is 0 Å². The van der Waals surface area contributed by atoms with Crippen LogP contribution < -0.4 is 5.32 Å². The molecular weight excluding hydrogens is 188 g/mol. The van der Waals surface area contributed by atoms with E-state index in [4.69, 9.17) is 4.74 Å². The zero-order valence-electron chi connectivity index (χ0n) is 10.8. The van der Waals surface area contributed by atoms with Gasteiger partial charge in [0.15, 0.2) is 0 Å². The van der Waals surface area contributed by atoms with Gasteiger partial charge in [0.05, 0.1) is 5.60 Å². The normalized spacial score (nSPS) is 28.0. The fourth-order valence-corrected chi connectivity index (χ4v) is 2.38. The summed E-state index contributed by atoms with van der Waals surface area (Å²) in [6.45, 7) is 8.59. The molecule has 2 unspecified atom stereocenters. The number of hydrogen-bond acceptors (Lipinski definition) is 3. The van der Waals surface area contributed by atoms with Gasteiger partial charge in [0.25, 0.3) is 0 Å². The summed E-state index contributed by atoms with van der Waals surface area (Å²) in [5.74, 6) is 0. The smallest absolute Gasteiger partial charge is 0.0641 e. The van der Waals surface area contributed by atoms with E-state index in [1.165, 1.54) is 0 Å². The lowest BCUT2D eigenvalue weighted by Crippen LogP contribution is -2.48. The van der Waals surface area contributed by atoms with Crippen LogP contribution in [0.3, 0.4) is 0 Å². The van der Waals surface area contributed by atoms with Crippen molar-refractivity contribution in [2.24, 2.45) is 0 Å². The van der Waals surface area contributed by atoms with Crippen LogP contribution in [0.2, 0.25) is 0 Å². The molecule has 1 aliphatic rings. The molecule has 0 aromatic heterocycles. The Morgan fingerprint density at radius 1 is 1.47 bits per heavy atom. The van der Waals surface area contributed by atoms with Crippen LogP contribution in [0.25, 0.3) is 0 Å². The van der Waals surface area contributed by atoms with Crippen molar-refractivity contribution in [3.63, 3.8) is 0 Å². The molecule has 0 radical (unpaired) electrons. The molecule has 1 rings (SSSR count). The Hall–Kier alpha value is -0.120. The first-order chi connectivity index (χ1) is 6.89. The lowest BCUT2D eigenvalue weighted by molar-refractivity contribution is -0.0641. The van der Waals surface area contributed by atoms with Gasteiger partial charge < -0.3 is 15.0 Å². The Kier molecular flexibility index (Phi) is 4.56. The number of nitrogens with one attached hydrogen (secondary N) is 1. The lowest BCUT2D eigenvalue weighted by Gasteiger charge is -2.37. The minimum atomic E-state index is 0.0494. The van der Waals surface area contributed by atoms with Crippen molar-refractivity contribution in [3.05, 3.63) is 0 Å². The Morgan fingerprint density at radius 3 is 2.67 bits per heavy atom. The number of ether oxygens (including phenoxy) is 1. The Bertz CT molecular complexity index is 192. The quantitative estimate of drug-likeness (QED) is 0.767. The van der Waals surface area contributed by atoms with Crippen molar-refractivity contribution in [1.82, 2.24) is 10.2 Å². The molecule has 3 heteroatoms.